The lowest BCUT2D eigenvalue weighted by Gasteiger charge is -2.12. The zero-order valence-electron chi connectivity index (χ0n) is 11.4. The van der Waals surface area contributed by atoms with E-state index in [4.69, 9.17) is 5.11 Å². The van der Waals surface area contributed by atoms with E-state index in [9.17, 15) is 18.8 Å². The molecule has 0 saturated carbocycles. The van der Waals surface area contributed by atoms with Crippen molar-refractivity contribution < 1.29 is 19.1 Å². The van der Waals surface area contributed by atoms with E-state index in [0.29, 0.717) is 0 Å². The smallest absolute Gasteiger partial charge is 0.328 e. The Morgan fingerprint density at radius 2 is 2.05 bits per heavy atom. The molecule has 7 heteroatoms. The number of nitrogens with one attached hydrogen (secondary N) is 2. The molecule has 0 spiro atoms. The van der Waals surface area contributed by atoms with Crippen LogP contribution in [-0.4, -0.2) is 34.7 Å². The van der Waals surface area contributed by atoms with E-state index < -0.39 is 30.2 Å². The first-order valence-electron chi connectivity index (χ1n) is 6.87. The summed E-state index contributed by atoms with van der Waals surface area (Å²) < 4.78 is 12.5. The van der Waals surface area contributed by atoms with Crippen molar-refractivity contribution in [2.75, 3.05) is 6.67 Å². The fourth-order valence-electron chi connectivity index (χ4n) is 2.42. The number of pyridine rings is 1. The quantitative estimate of drug-likeness (QED) is 0.715. The Hall–Kier alpha value is -2.18. The molecule has 1 atom stereocenters. The normalized spacial score (nSPS) is 15.7. The summed E-state index contributed by atoms with van der Waals surface area (Å²) in [6.07, 6.45) is 4.54. The maximum atomic E-state index is 12.5. The van der Waals surface area contributed by atoms with Crippen LogP contribution in [0.25, 0.3) is 0 Å². The first kappa shape index (κ1) is 15.2. The van der Waals surface area contributed by atoms with Gasteiger partial charge in [0.05, 0.1) is 0 Å². The predicted octanol–water partition coefficient (Wildman–Crippen LogP) is 0.796. The van der Waals surface area contributed by atoms with Gasteiger partial charge in [-0.05, 0) is 37.3 Å². The van der Waals surface area contributed by atoms with Gasteiger partial charge < -0.3 is 15.4 Å². The van der Waals surface area contributed by atoms with Crippen LogP contribution in [0.1, 0.15) is 40.9 Å². The Morgan fingerprint density at radius 1 is 1.33 bits per heavy atom. The fourth-order valence-corrected chi connectivity index (χ4v) is 2.42. The summed E-state index contributed by atoms with van der Waals surface area (Å²) in [6.45, 7) is -1.23. The van der Waals surface area contributed by atoms with Gasteiger partial charge in [0.1, 0.15) is 12.2 Å². The van der Waals surface area contributed by atoms with Crippen LogP contribution in [0.4, 0.5) is 4.39 Å². The number of amides is 1. The van der Waals surface area contributed by atoms with Gasteiger partial charge in [0.25, 0.3) is 11.5 Å². The standard InChI is InChI=1S/C14H17FN2O4/c15-7-11(14(20)21)17-13(19)9-6-8-4-2-1-3-5-10(8)16-12(9)18/h6,11H,1-5,7H2,(H,16,18)(H,17,19)(H,20,21). The Morgan fingerprint density at radius 3 is 2.71 bits per heavy atom. The number of aromatic amines is 1. The molecule has 1 aliphatic carbocycles. The number of aryl methyl sites for hydroxylation is 2. The second-order valence-corrected chi connectivity index (χ2v) is 5.10. The third kappa shape index (κ3) is 3.48. The van der Waals surface area contributed by atoms with Crippen LogP contribution in [-0.2, 0) is 17.6 Å². The summed E-state index contributed by atoms with van der Waals surface area (Å²) in [4.78, 5) is 37.3. The van der Waals surface area contributed by atoms with Gasteiger partial charge in [0, 0.05) is 5.69 Å². The zero-order chi connectivity index (χ0) is 15.4. The zero-order valence-corrected chi connectivity index (χ0v) is 11.4. The molecule has 1 unspecified atom stereocenters. The summed E-state index contributed by atoms with van der Waals surface area (Å²) >= 11 is 0. The molecule has 1 aliphatic rings. The minimum Gasteiger partial charge on any atom is -0.480 e. The number of aliphatic carboxylic acids is 1. The molecule has 2 rings (SSSR count). The molecule has 1 amide bonds. The molecule has 3 N–H and O–H groups in total. The molecular weight excluding hydrogens is 279 g/mol. The summed E-state index contributed by atoms with van der Waals surface area (Å²) in [7, 11) is 0. The first-order valence-corrected chi connectivity index (χ1v) is 6.87. The number of fused-ring (bicyclic) bond motifs is 1. The minimum atomic E-state index is -1.64. The molecule has 1 aromatic heterocycles. The highest BCUT2D eigenvalue weighted by molar-refractivity contribution is 5.96. The predicted molar refractivity (Wildman–Crippen MR) is 73.2 cm³/mol. The molecule has 0 radical (unpaired) electrons. The summed E-state index contributed by atoms with van der Waals surface area (Å²) in [5, 5.41) is 10.7. The fraction of sp³-hybridized carbons (Fsp3) is 0.500. The highest BCUT2D eigenvalue weighted by atomic mass is 19.1. The van der Waals surface area contributed by atoms with Gasteiger partial charge in [0.15, 0.2) is 6.04 Å². The van der Waals surface area contributed by atoms with Crippen LogP contribution in [0, 0.1) is 0 Å². The van der Waals surface area contributed by atoms with E-state index >= 15 is 0 Å². The number of alkyl halides is 1. The van der Waals surface area contributed by atoms with Crippen molar-refractivity contribution in [2.24, 2.45) is 0 Å². The number of hydrogen-bond acceptors (Lipinski definition) is 3. The molecule has 0 saturated heterocycles. The lowest BCUT2D eigenvalue weighted by atomic mass is 10.1. The van der Waals surface area contributed by atoms with Crippen molar-refractivity contribution in [2.45, 2.75) is 38.1 Å². The van der Waals surface area contributed by atoms with Gasteiger partial charge in [-0.2, -0.15) is 0 Å². The number of H-pyrrole nitrogens is 1. The van der Waals surface area contributed by atoms with Crippen molar-refractivity contribution in [1.29, 1.82) is 0 Å². The van der Waals surface area contributed by atoms with Gasteiger partial charge in [-0.1, -0.05) is 6.42 Å². The summed E-state index contributed by atoms with van der Waals surface area (Å²) in [6, 6.07) is -0.151. The Balaban J connectivity index is 2.27. The van der Waals surface area contributed by atoms with E-state index in [1.165, 1.54) is 6.07 Å². The van der Waals surface area contributed by atoms with E-state index in [-0.39, 0.29) is 5.56 Å². The van der Waals surface area contributed by atoms with E-state index in [2.05, 4.69) is 4.98 Å². The lowest BCUT2D eigenvalue weighted by molar-refractivity contribution is -0.139. The number of carbonyl (C=O) groups is 2. The third-order valence-corrected chi connectivity index (χ3v) is 3.59. The molecule has 1 heterocycles. The number of hydrogen-bond donors (Lipinski definition) is 3. The molecule has 0 aliphatic heterocycles. The third-order valence-electron chi connectivity index (χ3n) is 3.59. The number of carboxylic acids is 1. The average Bonchev–Trinajstić information content (AvgIpc) is 2.67. The topological polar surface area (TPSA) is 99.3 Å². The van der Waals surface area contributed by atoms with Crippen molar-refractivity contribution in [3.63, 3.8) is 0 Å². The number of halogens is 1. The summed E-state index contributed by atoms with van der Waals surface area (Å²) in [5.41, 5.74) is 0.977. The van der Waals surface area contributed by atoms with Crippen LogP contribution in [0.2, 0.25) is 0 Å². The SMILES string of the molecule is O=C(NC(CF)C(=O)O)c1cc2c([nH]c1=O)CCCCC2. The van der Waals surface area contributed by atoms with E-state index in [1.807, 2.05) is 5.32 Å². The van der Waals surface area contributed by atoms with E-state index in [1.54, 1.807) is 0 Å². The van der Waals surface area contributed by atoms with Crippen molar-refractivity contribution in [3.05, 3.63) is 33.2 Å². The van der Waals surface area contributed by atoms with Crippen LogP contribution in [0.3, 0.4) is 0 Å². The second kappa shape index (κ2) is 6.51. The van der Waals surface area contributed by atoms with Crippen LogP contribution in [0.5, 0.6) is 0 Å². The highest BCUT2D eigenvalue weighted by Crippen LogP contribution is 2.18. The first-order chi connectivity index (χ1) is 10.0. The lowest BCUT2D eigenvalue weighted by Crippen LogP contribution is -2.44. The van der Waals surface area contributed by atoms with Crippen molar-refractivity contribution >= 4 is 11.9 Å². The average molecular weight is 296 g/mol. The molecule has 0 aromatic carbocycles. The van der Waals surface area contributed by atoms with Gasteiger partial charge in [-0.15, -0.1) is 0 Å². The van der Waals surface area contributed by atoms with Crippen molar-refractivity contribution in [1.82, 2.24) is 10.3 Å². The Labute approximate surface area is 120 Å². The molecule has 0 bridgehead atoms. The molecule has 21 heavy (non-hydrogen) atoms. The number of aromatic nitrogens is 1. The van der Waals surface area contributed by atoms with Gasteiger partial charge in [-0.25, -0.2) is 9.18 Å². The van der Waals surface area contributed by atoms with Crippen LogP contribution < -0.4 is 10.9 Å². The van der Waals surface area contributed by atoms with Crippen LogP contribution in [0.15, 0.2) is 10.9 Å². The summed E-state index contributed by atoms with van der Waals surface area (Å²) in [5.74, 6) is -2.34. The molecule has 6 nitrogen and oxygen atoms in total. The maximum Gasteiger partial charge on any atom is 0.328 e. The monoisotopic (exact) mass is 296 g/mol. The number of rotatable bonds is 4. The molecule has 1 aromatic rings. The minimum absolute atomic E-state index is 0.171. The number of carboxylic acid groups (broad SMARTS) is 1. The molecule has 0 fully saturated rings. The van der Waals surface area contributed by atoms with Gasteiger partial charge in [0.2, 0.25) is 0 Å². The number of carbonyl (C=O) groups excluding carboxylic acids is 1. The highest BCUT2D eigenvalue weighted by Gasteiger charge is 2.23. The van der Waals surface area contributed by atoms with E-state index in [0.717, 1.165) is 43.4 Å². The second-order valence-electron chi connectivity index (χ2n) is 5.10. The Bertz CT molecular complexity index is 611. The van der Waals surface area contributed by atoms with Gasteiger partial charge in [-0.3, -0.25) is 9.59 Å². The molecular formula is C14H17FN2O4. The van der Waals surface area contributed by atoms with Crippen molar-refractivity contribution in [3.8, 4) is 0 Å². The van der Waals surface area contributed by atoms with Gasteiger partial charge >= 0.3 is 5.97 Å². The largest absolute Gasteiger partial charge is 0.480 e. The Kier molecular flexibility index (Phi) is 4.72. The molecule has 114 valence electrons. The maximum absolute atomic E-state index is 12.5. The van der Waals surface area contributed by atoms with Crippen LogP contribution >= 0.6 is 0 Å².